The topological polar surface area (TPSA) is 80.7 Å². The lowest BCUT2D eigenvalue weighted by Gasteiger charge is -2.25. The molecule has 132 valence electrons. The fourth-order valence-corrected chi connectivity index (χ4v) is 4.88. The van der Waals surface area contributed by atoms with Gasteiger partial charge in [0.2, 0.25) is 0 Å². The van der Waals surface area contributed by atoms with Crippen LogP contribution in [-0.4, -0.2) is 37.5 Å². The van der Waals surface area contributed by atoms with Crippen LogP contribution < -0.4 is 0 Å². The molecule has 1 aliphatic carbocycles. The minimum Gasteiger partial charge on any atom is -0.463 e. The second kappa shape index (κ2) is 7.63. The second-order valence-corrected chi connectivity index (χ2v) is 8.11. The molecule has 1 aliphatic rings. The molecule has 0 radical (unpaired) electrons. The van der Waals surface area contributed by atoms with E-state index in [1.165, 1.54) is 12.1 Å². The fourth-order valence-electron chi connectivity index (χ4n) is 2.62. The molecule has 8 heteroatoms. The van der Waals surface area contributed by atoms with E-state index in [0.29, 0.717) is 0 Å². The van der Waals surface area contributed by atoms with Gasteiger partial charge in [-0.15, -0.1) is 0 Å². The van der Waals surface area contributed by atoms with Crippen LogP contribution in [0.4, 0.5) is 4.39 Å². The Labute approximate surface area is 145 Å². The normalized spacial score (nSPS) is 21.2. The zero-order valence-corrected chi connectivity index (χ0v) is 14.6. The molecule has 0 bridgehead atoms. The number of aliphatic hydroxyl groups is 1. The lowest BCUT2D eigenvalue weighted by atomic mass is 9.97. The summed E-state index contributed by atoms with van der Waals surface area (Å²) in [6.07, 6.45) is 0.678. The number of carbonyl (C=O) groups excluding carboxylic acids is 1. The molecule has 0 saturated heterocycles. The highest BCUT2D eigenvalue weighted by Gasteiger charge is 2.37. The minimum absolute atomic E-state index is 0.0103. The Hall–Kier alpha value is -1.44. The number of sulfone groups is 1. The van der Waals surface area contributed by atoms with Crippen LogP contribution in [0.3, 0.4) is 0 Å². The average molecular weight is 377 g/mol. The van der Waals surface area contributed by atoms with Gasteiger partial charge in [0.1, 0.15) is 5.82 Å². The van der Waals surface area contributed by atoms with Gasteiger partial charge in [-0.25, -0.2) is 17.6 Å². The Kier molecular flexibility index (Phi) is 6.01. The second-order valence-electron chi connectivity index (χ2n) is 5.52. The van der Waals surface area contributed by atoms with E-state index in [4.69, 9.17) is 16.3 Å². The smallest absolute Gasteiger partial charge is 0.335 e. The van der Waals surface area contributed by atoms with Gasteiger partial charge in [0.25, 0.3) is 0 Å². The quantitative estimate of drug-likeness (QED) is 0.798. The monoisotopic (exact) mass is 376 g/mol. The van der Waals surface area contributed by atoms with Crippen LogP contribution in [-0.2, 0) is 25.1 Å². The number of hydrogen-bond acceptors (Lipinski definition) is 5. The van der Waals surface area contributed by atoms with Crippen LogP contribution in [0.2, 0.25) is 5.02 Å². The molecule has 0 fully saturated rings. The Morgan fingerprint density at radius 1 is 1.42 bits per heavy atom. The summed E-state index contributed by atoms with van der Waals surface area (Å²) in [5.74, 6) is -1.74. The van der Waals surface area contributed by atoms with E-state index in [-0.39, 0.29) is 35.6 Å². The molecular weight excluding hydrogens is 359 g/mol. The highest BCUT2D eigenvalue weighted by atomic mass is 35.5. The van der Waals surface area contributed by atoms with Crippen LogP contribution in [0.5, 0.6) is 0 Å². The van der Waals surface area contributed by atoms with Crippen molar-refractivity contribution in [1.82, 2.24) is 0 Å². The van der Waals surface area contributed by atoms with Gasteiger partial charge in [-0.2, -0.15) is 0 Å². The molecule has 0 unspecified atom stereocenters. The first-order valence-corrected chi connectivity index (χ1v) is 9.56. The van der Waals surface area contributed by atoms with Gasteiger partial charge < -0.3 is 9.84 Å². The predicted octanol–water partition coefficient (Wildman–Crippen LogP) is 2.41. The summed E-state index contributed by atoms with van der Waals surface area (Å²) in [6.45, 7) is 1.71. The van der Waals surface area contributed by atoms with Crippen molar-refractivity contribution in [3.63, 3.8) is 0 Å². The molecule has 2 atom stereocenters. The molecule has 0 amide bonds. The third-order valence-electron chi connectivity index (χ3n) is 3.76. The van der Waals surface area contributed by atoms with Crippen molar-refractivity contribution in [2.45, 2.75) is 36.9 Å². The summed E-state index contributed by atoms with van der Waals surface area (Å²) in [4.78, 5) is 12.0. The van der Waals surface area contributed by atoms with Gasteiger partial charge in [-0.05, 0) is 43.5 Å². The number of rotatable bonds is 5. The van der Waals surface area contributed by atoms with Crippen molar-refractivity contribution in [2.24, 2.45) is 0 Å². The first-order chi connectivity index (χ1) is 11.2. The molecule has 1 aromatic carbocycles. The molecule has 0 spiro atoms. The van der Waals surface area contributed by atoms with Crippen molar-refractivity contribution in [1.29, 1.82) is 0 Å². The van der Waals surface area contributed by atoms with E-state index in [1.54, 1.807) is 6.92 Å². The SMILES string of the molecule is CCOC(=O)C1=C[C@@H](O)CC[C@H]1S(=O)(=O)Cc1ccc(F)cc1Cl. The molecule has 2 rings (SSSR count). The molecule has 0 aromatic heterocycles. The summed E-state index contributed by atoms with van der Waals surface area (Å²) in [7, 11) is -3.79. The van der Waals surface area contributed by atoms with E-state index in [9.17, 15) is 22.7 Å². The predicted molar refractivity (Wildman–Crippen MR) is 87.8 cm³/mol. The van der Waals surface area contributed by atoms with Crippen molar-refractivity contribution in [3.8, 4) is 0 Å². The Morgan fingerprint density at radius 3 is 2.75 bits per heavy atom. The van der Waals surface area contributed by atoms with Gasteiger partial charge in [-0.3, -0.25) is 0 Å². The molecule has 0 heterocycles. The molecule has 0 saturated carbocycles. The maximum absolute atomic E-state index is 13.1. The van der Waals surface area contributed by atoms with Crippen molar-refractivity contribution in [3.05, 3.63) is 46.3 Å². The number of hydrogen-bond donors (Lipinski definition) is 1. The Balaban J connectivity index is 2.32. The third-order valence-corrected chi connectivity index (χ3v) is 6.18. The summed E-state index contributed by atoms with van der Waals surface area (Å²) in [5, 5.41) is 8.63. The fraction of sp³-hybridized carbons (Fsp3) is 0.438. The van der Waals surface area contributed by atoms with Gasteiger partial charge in [0.15, 0.2) is 9.84 Å². The maximum Gasteiger partial charge on any atom is 0.335 e. The van der Waals surface area contributed by atoms with Crippen molar-refractivity contribution >= 4 is 27.4 Å². The zero-order chi connectivity index (χ0) is 17.9. The van der Waals surface area contributed by atoms with Crippen LogP contribution >= 0.6 is 11.6 Å². The molecular formula is C16H18ClFO5S. The van der Waals surface area contributed by atoms with E-state index < -0.39 is 38.7 Å². The Morgan fingerprint density at radius 2 is 2.12 bits per heavy atom. The van der Waals surface area contributed by atoms with Crippen LogP contribution in [0.15, 0.2) is 29.8 Å². The number of aliphatic hydroxyl groups excluding tert-OH is 1. The lowest BCUT2D eigenvalue weighted by Crippen LogP contribution is -2.34. The molecule has 0 aliphatic heterocycles. The summed E-state index contributed by atoms with van der Waals surface area (Å²) < 4.78 is 43.5. The largest absolute Gasteiger partial charge is 0.463 e. The lowest BCUT2D eigenvalue weighted by molar-refractivity contribution is -0.138. The number of carbonyl (C=O) groups is 1. The van der Waals surface area contributed by atoms with Crippen LogP contribution in [0.1, 0.15) is 25.3 Å². The first-order valence-electron chi connectivity index (χ1n) is 7.47. The molecule has 1 aromatic rings. The van der Waals surface area contributed by atoms with E-state index >= 15 is 0 Å². The minimum atomic E-state index is -3.79. The highest BCUT2D eigenvalue weighted by molar-refractivity contribution is 7.91. The zero-order valence-electron chi connectivity index (χ0n) is 13.0. The number of esters is 1. The Bertz CT molecular complexity index is 760. The number of benzene rings is 1. The summed E-state index contributed by atoms with van der Waals surface area (Å²) in [6, 6.07) is 3.48. The van der Waals surface area contributed by atoms with Crippen LogP contribution in [0, 0.1) is 5.82 Å². The third kappa shape index (κ3) is 4.34. The first kappa shape index (κ1) is 18.9. The number of halogens is 2. The molecule has 5 nitrogen and oxygen atoms in total. The molecule has 24 heavy (non-hydrogen) atoms. The number of ether oxygens (including phenoxy) is 1. The standard InChI is InChI=1S/C16H18ClFO5S/c1-2-23-16(20)13-8-12(19)5-6-15(13)24(21,22)9-10-3-4-11(18)7-14(10)17/h3-4,7-8,12,15,19H,2,5-6,9H2,1H3/t12-,15+/m0/s1. The van der Waals surface area contributed by atoms with E-state index in [2.05, 4.69) is 0 Å². The summed E-state index contributed by atoms with van der Waals surface area (Å²) >= 11 is 5.90. The maximum atomic E-state index is 13.1. The van der Waals surface area contributed by atoms with Crippen molar-refractivity contribution in [2.75, 3.05) is 6.61 Å². The summed E-state index contributed by atoms with van der Waals surface area (Å²) in [5.41, 5.74) is 0.196. The van der Waals surface area contributed by atoms with Gasteiger partial charge in [0, 0.05) is 5.02 Å². The van der Waals surface area contributed by atoms with Gasteiger partial charge >= 0.3 is 5.97 Å². The van der Waals surface area contributed by atoms with E-state index in [1.807, 2.05) is 0 Å². The van der Waals surface area contributed by atoms with Gasteiger partial charge in [-0.1, -0.05) is 17.7 Å². The van der Waals surface area contributed by atoms with Crippen molar-refractivity contribution < 1.29 is 27.4 Å². The van der Waals surface area contributed by atoms with Gasteiger partial charge in [0.05, 0.1) is 29.3 Å². The molecule has 1 N–H and O–H groups in total. The highest BCUT2D eigenvalue weighted by Crippen LogP contribution is 2.30. The van der Waals surface area contributed by atoms with Crippen LogP contribution in [0.25, 0.3) is 0 Å². The van der Waals surface area contributed by atoms with E-state index in [0.717, 1.165) is 12.1 Å². The average Bonchev–Trinajstić information content (AvgIpc) is 2.50.